The first-order valence-electron chi connectivity index (χ1n) is 7.23. The lowest BCUT2D eigenvalue weighted by atomic mass is 10.1. The predicted molar refractivity (Wildman–Crippen MR) is 89.0 cm³/mol. The summed E-state index contributed by atoms with van der Waals surface area (Å²) in [6.45, 7) is 7.23. The molecule has 0 spiro atoms. The van der Waals surface area contributed by atoms with Gasteiger partial charge in [-0.2, -0.15) is 0 Å². The Morgan fingerprint density at radius 2 is 2.19 bits per heavy atom. The molecule has 0 aromatic heterocycles. The lowest BCUT2D eigenvalue weighted by Crippen LogP contribution is -2.27. The Bertz CT molecular complexity index is 522. The quantitative estimate of drug-likeness (QED) is 0.788. The second-order valence-corrected chi connectivity index (χ2v) is 5.80. The first-order valence-corrected chi connectivity index (χ1v) is 8.03. The minimum absolute atomic E-state index is 0.0100. The second kappa shape index (κ2) is 7.24. The van der Waals surface area contributed by atoms with E-state index in [1.807, 2.05) is 19.1 Å². The van der Waals surface area contributed by atoms with Crippen molar-refractivity contribution in [3.63, 3.8) is 0 Å². The molecule has 0 bridgehead atoms. The van der Waals surface area contributed by atoms with Crippen LogP contribution in [0.25, 0.3) is 0 Å². The van der Waals surface area contributed by atoms with Crippen molar-refractivity contribution in [3.05, 3.63) is 22.2 Å². The number of anilines is 2. The van der Waals surface area contributed by atoms with Crippen LogP contribution in [0.2, 0.25) is 0 Å². The number of ether oxygens (including phenoxy) is 1. The van der Waals surface area contributed by atoms with Crippen LogP contribution in [0.5, 0.6) is 0 Å². The van der Waals surface area contributed by atoms with Gasteiger partial charge >= 0.3 is 0 Å². The van der Waals surface area contributed by atoms with Gasteiger partial charge in [0.25, 0.3) is 0 Å². The van der Waals surface area contributed by atoms with Crippen LogP contribution >= 0.6 is 15.9 Å². The van der Waals surface area contributed by atoms with Gasteiger partial charge in [0, 0.05) is 35.9 Å². The highest BCUT2D eigenvalue weighted by molar-refractivity contribution is 9.10. The van der Waals surface area contributed by atoms with Crippen molar-refractivity contribution >= 4 is 33.2 Å². The van der Waals surface area contributed by atoms with Gasteiger partial charge in [-0.05, 0) is 41.5 Å². The second-order valence-electron chi connectivity index (χ2n) is 4.94. The molecule has 0 saturated heterocycles. The number of nitrogens with zero attached hydrogens (tertiary/aromatic N) is 1. The molecule has 1 aliphatic rings. The number of fused-ring (bicyclic) bond motifs is 1. The Balaban J connectivity index is 2.31. The van der Waals surface area contributed by atoms with E-state index in [1.54, 1.807) is 7.11 Å². The maximum atomic E-state index is 12.0. The monoisotopic (exact) mass is 355 g/mol. The van der Waals surface area contributed by atoms with Gasteiger partial charge in [-0.3, -0.25) is 4.79 Å². The van der Waals surface area contributed by atoms with Gasteiger partial charge in [0.15, 0.2) is 0 Å². The summed E-state index contributed by atoms with van der Waals surface area (Å²) < 4.78 is 6.16. The molecular weight excluding hydrogens is 334 g/mol. The van der Waals surface area contributed by atoms with Gasteiger partial charge in [-0.1, -0.05) is 6.92 Å². The maximum Gasteiger partial charge on any atom is 0.246 e. The minimum atomic E-state index is -0.260. The third kappa shape index (κ3) is 3.39. The molecule has 0 saturated carbocycles. The van der Waals surface area contributed by atoms with E-state index in [2.05, 4.69) is 38.4 Å². The number of carbonyl (C=O) groups is 1. The summed E-state index contributed by atoms with van der Waals surface area (Å²) in [5, 5.41) is 6.16. The topological polar surface area (TPSA) is 53.6 Å². The summed E-state index contributed by atoms with van der Waals surface area (Å²) in [6, 6.07) is 3.81. The Labute approximate surface area is 134 Å². The van der Waals surface area contributed by atoms with Crippen molar-refractivity contribution < 1.29 is 9.53 Å². The number of carbonyl (C=O) groups excluding carboxylic acids is 1. The number of hydrogen-bond acceptors (Lipinski definition) is 4. The van der Waals surface area contributed by atoms with Crippen molar-refractivity contribution in [2.75, 3.05) is 43.6 Å². The fraction of sp³-hybridized carbons (Fsp3) is 0.533. The molecule has 1 aliphatic heterocycles. The van der Waals surface area contributed by atoms with E-state index in [0.717, 1.165) is 41.0 Å². The van der Waals surface area contributed by atoms with Gasteiger partial charge in [0.2, 0.25) is 5.91 Å². The van der Waals surface area contributed by atoms with Crippen LogP contribution < -0.4 is 15.5 Å². The number of amides is 1. The van der Waals surface area contributed by atoms with Crippen LogP contribution in [0.15, 0.2) is 16.6 Å². The molecular formula is C15H22BrN3O2. The molecule has 1 heterocycles. The summed E-state index contributed by atoms with van der Waals surface area (Å²) in [4.78, 5) is 14.3. The zero-order valence-electron chi connectivity index (χ0n) is 12.7. The SMILES string of the molecule is CCNC1C(=O)Nc2cc(N(CC)CCOC)c(Br)cc21. The maximum absolute atomic E-state index is 12.0. The first kappa shape index (κ1) is 16.3. The number of rotatable bonds is 7. The van der Waals surface area contributed by atoms with E-state index < -0.39 is 0 Å². The fourth-order valence-corrected chi connectivity index (χ4v) is 3.18. The minimum Gasteiger partial charge on any atom is -0.383 e. The molecule has 0 fully saturated rings. The third-order valence-corrected chi connectivity index (χ3v) is 4.28. The highest BCUT2D eigenvalue weighted by atomic mass is 79.9. The molecule has 2 rings (SSSR count). The van der Waals surface area contributed by atoms with E-state index in [4.69, 9.17) is 4.74 Å². The molecule has 116 valence electrons. The standard InChI is InChI=1S/C15H22BrN3O2/c1-4-17-14-10-8-11(16)13(9-12(10)18-15(14)20)19(5-2)6-7-21-3/h8-9,14,17H,4-7H2,1-3H3,(H,18,20). The molecule has 6 heteroatoms. The largest absolute Gasteiger partial charge is 0.383 e. The first-order chi connectivity index (χ1) is 10.1. The van der Waals surface area contributed by atoms with Crippen molar-refractivity contribution in [2.24, 2.45) is 0 Å². The molecule has 1 aromatic rings. The van der Waals surface area contributed by atoms with Gasteiger partial charge < -0.3 is 20.3 Å². The van der Waals surface area contributed by atoms with E-state index in [9.17, 15) is 4.79 Å². The van der Waals surface area contributed by atoms with Crippen molar-refractivity contribution in [2.45, 2.75) is 19.9 Å². The lowest BCUT2D eigenvalue weighted by molar-refractivity contribution is -0.117. The Morgan fingerprint density at radius 1 is 1.43 bits per heavy atom. The Morgan fingerprint density at radius 3 is 2.81 bits per heavy atom. The molecule has 1 atom stereocenters. The van der Waals surface area contributed by atoms with Crippen molar-refractivity contribution in [1.29, 1.82) is 0 Å². The van der Waals surface area contributed by atoms with Gasteiger partial charge in [0.05, 0.1) is 12.3 Å². The lowest BCUT2D eigenvalue weighted by Gasteiger charge is -2.25. The van der Waals surface area contributed by atoms with Crippen molar-refractivity contribution in [1.82, 2.24) is 5.32 Å². The molecule has 0 aliphatic carbocycles. The van der Waals surface area contributed by atoms with E-state index in [-0.39, 0.29) is 11.9 Å². The third-order valence-electron chi connectivity index (χ3n) is 3.65. The van der Waals surface area contributed by atoms with Crippen molar-refractivity contribution in [3.8, 4) is 0 Å². The molecule has 1 amide bonds. The Kier molecular flexibility index (Phi) is 5.61. The molecule has 1 aromatic carbocycles. The van der Waals surface area contributed by atoms with E-state index >= 15 is 0 Å². The van der Waals surface area contributed by atoms with E-state index in [0.29, 0.717) is 6.61 Å². The van der Waals surface area contributed by atoms with E-state index in [1.165, 1.54) is 0 Å². The van der Waals surface area contributed by atoms with Crippen LogP contribution in [0.1, 0.15) is 25.5 Å². The average molecular weight is 356 g/mol. The number of nitrogens with one attached hydrogen (secondary N) is 2. The number of benzene rings is 1. The average Bonchev–Trinajstić information content (AvgIpc) is 2.76. The van der Waals surface area contributed by atoms with Crippen LogP contribution in [-0.4, -0.2) is 39.3 Å². The zero-order valence-corrected chi connectivity index (χ0v) is 14.3. The number of hydrogen-bond donors (Lipinski definition) is 2. The highest BCUT2D eigenvalue weighted by Crippen LogP contribution is 2.39. The normalized spacial score (nSPS) is 16.8. The highest BCUT2D eigenvalue weighted by Gasteiger charge is 2.31. The number of methoxy groups -OCH3 is 1. The summed E-state index contributed by atoms with van der Waals surface area (Å²) in [7, 11) is 1.70. The van der Waals surface area contributed by atoms with Crippen LogP contribution in [-0.2, 0) is 9.53 Å². The van der Waals surface area contributed by atoms with Crippen LogP contribution in [0.3, 0.4) is 0 Å². The van der Waals surface area contributed by atoms with Gasteiger partial charge in [-0.25, -0.2) is 0 Å². The Hall–Kier alpha value is -1.11. The molecule has 5 nitrogen and oxygen atoms in total. The zero-order chi connectivity index (χ0) is 15.4. The van der Waals surface area contributed by atoms with Crippen LogP contribution in [0.4, 0.5) is 11.4 Å². The fourth-order valence-electron chi connectivity index (χ4n) is 2.57. The summed E-state index contributed by atoms with van der Waals surface area (Å²) >= 11 is 3.63. The number of halogens is 1. The molecule has 1 unspecified atom stereocenters. The predicted octanol–water partition coefficient (Wildman–Crippen LogP) is 2.52. The molecule has 21 heavy (non-hydrogen) atoms. The molecule has 2 N–H and O–H groups in total. The smallest absolute Gasteiger partial charge is 0.246 e. The summed E-state index contributed by atoms with van der Waals surface area (Å²) in [5.41, 5.74) is 2.96. The van der Waals surface area contributed by atoms with Gasteiger partial charge in [0.1, 0.15) is 6.04 Å². The van der Waals surface area contributed by atoms with Crippen LogP contribution in [0, 0.1) is 0 Å². The van der Waals surface area contributed by atoms with Gasteiger partial charge in [-0.15, -0.1) is 0 Å². The molecule has 0 radical (unpaired) electrons. The number of likely N-dealkylation sites (N-methyl/N-ethyl adjacent to an activating group) is 2. The summed E-state index contributed by atoms with van der Waals surface area (Å²) in [6.07, 6.45) is 0. The summed E-state index contributed by atoms with van der Waals surface area (Å²) in [5.74, 6) is 0.0100.